The van der Waals surface area contributed by atoms with Gasteiger partial charge in [-0.05, 0) is 94.6 Å². The van der Waals surface area contributed by atoms with E-state index in [1.807, 2.05) is 30.9 Å². The van der Waals surface area contributed by atoms with Crippen molar-refractivity contribution in [2.75, 3.05) is 46.4 Å². The summed E-state index contributed by atoms with van der Waals surface area (Å²) in [6.45, 7) is 8.59. The van der Waals surface area contributed by atoms with E-state index in [0.29, 0.717) is 13.2 Å². The van der Waals surface area contributed by atoms with Gasteiger partial charge >= 0.3 is 0 Å². The lowest BCUT2D eigenvalue weighted by molar-refractivity contribution is -0.128. The summed E-state index contributed by atoms with van der Waals surface area (Å²) >= 11 is 0. The second-order valence-corrected chi connectivity index (χ2v) is 8.67. The molecule has 6 heteroatoms. The van der Waals surface area contributed by atoms with Crippen LogP contribution >= 0.6 is 0 Å². The molecule has 1 amide bonds. The molecule has 0 spiro atoms. The number of amides is 1. The Morgan fingerprint density at radius 3 is 2.50 bits per heavy atom. The lowest BCUT2D eigenvalue weighted by Gasteiger charge is -2.29. The zero-order chi connectivity index (χ0) is 24.3. The minimum Gasteiger partial charge on any atom is -0.490 e. The summed E-state index contributed by atoms with van der Waals surface area (Å²) in [7, 11) is 2.12. The average Bonchev–Trinajstić information content (AvgIpc) is 2.83. The van der Waals surface area contributed by atoms with Crippen LogP contribution in [0.1, 0.15) is 44.2 Å². The van der Waals surface area contributed by atoms with Gasteiger partial charge in [0.15, 0.2) is 11.5 Å². The molecule has 34 heavy (non-hydrogen) atoms. The van der Waals surface area contributed by atoms with E-state index in [2.05, 4.69) is 24.1 Å². The van der Waals surface area contributed by atoms with Crippen LogP contribution < -0.4 is 9.47 Å². The highest BCUT2D eigenvalue weighted by molar-refractivity contribution is 5.98. The lowest BCUT2D eigenvalue weighted by atomic mass is 10.0. The minimum atomic E-state index is -0.264. The molecule has 1 heterocycles. The summed E-state index contributed by atoms with van der Waals surface area (Å²) in [4.78, 5) is 17.1. The Hall–Kier alpha value is -2.86. The van der Waals surface area contributed by atoms with Gasteiger partial charge in [-0.25, -0.2) is 4.39 Å². The summed E-state index contributed by atoms with van der Waals surface area (Å²) in [5, 5.41) is 0. The molecule has 0 unspecified atom stereocenters. The first kappa shape index (κ1) is 25.8. The summed E-state index contributed by atoms with van der Waals surface area (Å²) in [6.07, 6.45) is 5.50. The number of rotatable bonds is 12. The maximum Gasteiger partial charge on any atom is 0.249 e. The molecule has 0 atom stereocenters. The molecule has 0 aliphatic carbocycles. The third kappa shape index (κ3) is 7.59. The number of ether oxygens (including phenoxy) is 2. The van der Waals surface area contributed by atoms with E-state index in [9.17, 15) is 9.18 Å². The van der Waals surface area contributed by atoms with Gasteiger partial charge in [-0.1, -0.05) is 18.2 Å². The quantitative estimate of drug-likeness (QED) is 0.402. The normalized spacial score (nSPS) is 15.3. The van der Waals surface area contributed by atoms with Gasteiger partial charge in [0.1, 0.15) is 5.82 Å². The van der Waals surface area contributed by atoms with Crippen LogP contribution in [0.2, 0.25) is 0 Å². The summed E-state index contributed by atoms with van der Waals surface area (Å²) < 4.78 is 24.5. The number of hydrogen-bond acceptors (Lipinski definition) is 4. The number of benzene rings is 2. The summed E-state index contributed by atoms with van der Waals surface area (Å²) in [5.74, 6) is 1.44. The molecule has 1 aliphatic rings. The fourth-order valence-corrected chi connectivity index (χ4v) is 4.19. The van der Waals surface area contributed by atoms with Crippen LogP contribution in [0.25, 0.3) is 6.08 Å². The van der Waals surface area contributed by atoms with Gasteiger partial charge in [0.05, 0.1) is 13.2 Å². The molecule has 0 radical (unpaired) electrons. The van der Waals surface area contributed by atoms with E-state index in [1.165, 1.54) is 17.7 Å². The fourth-order valence-electron chi connectivity index (χ4n) is 4.19. The van der Waals surface area contributed by atoms with Crippen molar-refractivity contribution in [1.82, 2.24) is 9.80 Å². The predicted molar refractivity (Wildman–Crippen MR) is 135 cm³/mol. The van der Waals surface area contributed by atoms with Crippen LogP contribution in [-0.2, 0) is 11.2 Å². The maximum atomic E-state index is 13.1. The molecule has 0 bridgehead atoms. The lowest BCUT2D eigenvalue weighted by Crippen LogP contribution is -2.38. The van der Waals surface area contributed by atoms with E-state index >= 15 is 0 Å². The Kier molecular flexibility index (Phi) is 9.95. The Labute approximate surface area is 203 Å². The van der Waals surface area contributed by atoms with Crippen molar-refractivity contribution in [3.8, 4) is 11.5 Å². The van der Waals surface area contributed by atoms with E-state index < -0.39 is 0 Å². The fraction of sp³-hybridized carbons (Fsp3) is 0.464. The van der Waals surface area contributed by atoms with Crippen LogP contribution in [-0.4, -0.2) is 62.1 Å². The Balaban J connectivity index is 1.45. The number of halogens is 1. The van der Waals surface area contributed by atoms with Crippen molar-refractivity contribution in [2.45, 2.75) is 39.5 Å². The first-order valence-electron chi connectivity index (χ1n) is 12.3. The minimum absolute atomic E-state index is 0.107. The summed E-state index contributed by atoms with van der Waals surface area (Å²) in [6, 6.07) is 12.4. The Morgan fingerprint density at radius 1 is 1.03 bits per heavy atom. The molecule has 1 saturated heterocycles. The molecule has 5 nitrogen and oxygen atoms in total. The van der Waals surface area contributed by atoms with Crippen LogP contribution in [0.5, 0.6) is 11.5 Å². The van der Waals surface area contributed by atoms with E-state index in [4.69, 9.17) is 9.47 Å². The van der Waals surface area contributed by atoms with E-state index in [0.717, 1.165) is 74.5 Å². The third-order valence-electron chi connectivity index (χ3n) is 6.00. The number of carbonyl (C=O) groups is 1. The SMILES string of the molecule is CCOc1ccc(CCN(C)CCCN2CCCC(=Cc3ccc(F)cc3)C2=O)cc1OCC. The smallest absolute Gasteiger partial charge is 0.249 e. The average molecular weight is 469 g/mol. The predicted octanol–water partition coefficient (Wildman–Crippen LogP) is 5.19. The number of piperidine rings is 1. The molecular weight excluding hydrogens is 431 g/mol. The van der Waals surface area contributed by atoms with Gasteiger partial charge in [-0.15, -0.1) is 0 Å². The maximum absolute atomic E-state index is 13.1. The van der Waals surface area contributed by atoms with Crippen molar-refractivity contribution < 1.29 is 18.7 Å². The highest BCUT2D eigenvalue weighted by Crippen LogP contribution is 2.28. The van der Waals surface area contributed by atoms with Crippen LogP contribution in [0.3, 0.4) is 0 Å². The van der Waals surface area contributed by atoms with Gasteiger partial charge in [-0.3, -0.25) is 4.79 Å². The number of nitrogens with zero attached hydrogens (tertiary/aromatic N) is 2. The second kappa shape index (κ2) is 13.1. The monoisotopic (exact) mass is 468 g/mol. The van der Waals surface area contributed by atoms with Gasteiger partial charge in [0.25, 0.3) is 0 Å². The molecule has 1 aliphatic heterocycles. The molecule has 2 aromatic rings. The van der Waals surface area contributed by atoms with Crippen molar-refractivity contribution in [2.24, 2.45) is 0 Å². The second-order valence-electron chi connectivity index (χ2n) is 8.67. The zero-order valence-corrected chi connectivity index (χ0v) is 20.7. The first-order chi connectivity index (χ1) is 16.5. The first-order valence-corrected chi connectivity index (χ1v) is 12.3. The van der Waals surface area contributed by atoms with Gasteiger partial charge in [0.2, 0.25) is 5.91 Å². The molecule has 0 N–H and O–H groups in total. The van der Waals surface area contributed by atoms with Crippen molar-refractivity contribution in [1.29, 1.82) is 0 Å². The molecule has 0 aromatic heterocycles. The number of likely N-dealkylation sites (tertiary alicyclic amines) is 1. The largest absolute Gasteiger partial charge is 0.490 e. The zero-order valence-electron chi connectivity index (χ0n) is 20.7. The van der Waals surface area contributed by atoms with Crippen molar-refractivity contribution in [3.63, 3.8) is 0 Å². The number of hydrogen-bond donors (Lipinski definition) is 0. The highest BCUT2D eigenvalue weighted by Gasteiger charge is 2.22. The van der Waals surface area contributed by atoms with Gasteiger partial charge < -0.3 is 19.3 Å². The van der Waals surface area contributed by atoms with Crippen molar-refractivity contribution in [3.05, 3.63) is 65.0 Å². The number of likely N-dealkylation sites (N-methyl/N-ethyl adjacent to an activating group) is 1. The molecule has 1 fully saturated rings. The molecular formula is C28H37FN2O3. The molecule has 184 valence electrons. The topological polar surface area (TPSA) is 42.0 Å². The highest BCUT2D eigenvalue weighted by atomic mass is 19.1. The number of carbonyl (C=O) groups excluding carboxylic acids is 1. The van der Waals surface area contributed by atoms with Crippen LogP contribution in [0.15, 0.2) is 48.0 Å². The van der Waals surface area contributed by atoms with Gasteiger partial charge in [0, 0.05) is 25.2 Å². The summed E-state index contributed by atoms with van der Waals surface area (Å²) in [5.41, 5.74) is 2.90. The van der Waals surface area contributed by atoms with Crippen LogP contribution in [0.4, 0.5) is 4.39 Å². The Morgan fingerprint density at radius 2 is 1.76 bits per heavy atom. The Bertz CT molecular complexity index is 959. The van der Waals surface area contributed by atoms with E-state index in [-0.39, 0.29) is 11.7 Å². The molecule has 3 rings (SSSR count). The molecule has 2 aromatic carbocycles. The van der Waals surface area contributed by atoms with Gasteiger partial charge in [-0.2, -0.15) is 0 Å². The van der Waals surface area contributed by atoms with Crippen LogP contribution in [0, 0.1) is 5.82 Å². The third-order valence-corrected chi connectivity index (χ3v) is 6.00. The van der Waals surface area contributed by atoms with Crippen molar-refractivity contribution >= 4 is 12.0 Å². The molecule has 0 saturated carbocycles. The van der Waals surface area contributed by atoms with E-state index in [1.54, 1.807) is 12.1 Å². The standard InChI is InChI=1S/C28H37FN2O3/c1-4-33-26-14-11-23(21-27(26)34-5-2)15-19-30(3)16-7-18-31-17-6-8-24(28(31)32)20-22-9-12-25(29)13-10-22/h9-14,20-21H,4-8,15-19H2,1-3H3.